The van der Waals surface area contributed by atoms with Crippen molar-refractivity contribution >= 4 is 17.2 Å². The SMILES string of the molecule is Cc1cc(C)c(N2C[N+]3=C(NC(c4ccccc4)C3c3ccccc3)c3ccccc32)c(C)c1. The lowest BCUT2D eigenvalue weighted by molar-refractivity contribution is -0.566. The number of para-hydroxylation sites is 1. The highest BCUT2D eigenvalue weighted by molar-refractivity contribution is 6.03. The van der Waals surface area contributed by atoms with Crippen LogP contribution in [0.5, 0.6) is 0 Å². The van der Waals surface area contributed by atoms with E-state index in [1.807, 2.05) is 0 Å². The minimum absolute atomic E-state index is 0.173. The Morgan fingerprint density at radius 3 is 2.00 bits per heavy atom. The van der Waals surface area contributed by atoms with Gasteiger partial charge in [-0.2, -0.15) is 0 Å². The van der Waals surface area contributed by atoms with Crippen LogP contribution >= 0.6 is 0 Å². The molecule has 168 valence electrons. The minimum atomic E-state index is 0.173. The quantitative estimate of drug-likeness (QED) is 0.360. The fourth-order valence-electron chi connectivity index (χ4n) is 5.90. The maximum absolute atomic E-state index is 3.94. The Balaban J connectivity index is 1.55. The molecule has 2 aliphatic heterocycles. The Kier molecular flexibility index (Phi) is 4.99. The van der Waals surface area contributed by atoms with Gasteiger partial charge >= 0.3 is 0 Å². The molecule has 0 aliphatic carbocycles. The van der Waals surface area contributed by atoms with Gasteiger partial charge in [0.15, 0.2) is 18.8 Å². The van der Waals surface area contributed by atoms with Gasteiger partial charge < -0.3 is 4.90 Å². The van der Waals surface area contributed by atoms with Gasteiger partial charge in [-0.25, -0.2) is 4.58 Å². The van der Waals surface area contributed by atoms with E-state index in [0.717, 1.165) is 6.67 Å². The van der Waals surface area contributed by atoms with Crippen LogP contribution in [-0.2, 0) is 0 Å². The summed E-state index contributed by atoms with van der Waals surface area (Å²) in [6, 6.07) is 35.6. The van der Waals surface area contributed by atoms with Crippen molar-refractivity contribution in [1.29, 1.82) is 0 Å². The first-order chi connectivity index (χ1) is 16.6. The lowest BCUT2D eigenvalue weighted by Gasteiger charge is -2.33. The van der Waals surface area contributed by atoms with Gasteiger partial charge in [-0.1, -0.05) is 90.5 Å². The minimum Gasteiger partial charge on any atom is -0.303 e. The van der Waals surface area contributed by atoms with E-state index in [1.165, 1.54) is 50.6 Å². The van der Waals surface area contributed by atoms with Gasteiger partial charge in [0.2, 0.25) is 0 Å². The molecule has 2 aliphatic rings. The average molecular weight is 445 g/mol. The maximum Gasteiger partial charge on any atom is 0.282 e. The topological polar surface area (TPSA) is 18.3 Å². The first-order valence-corrected chi connectivity index (χ1v) is 12.1. The molecule has 4 aromatic carbocycles. The Bertz CT molecular complexity index is 1370. The molecule has 0 fully saturated rings. The van der Waals surface area contributed by atoms with E-state index in [0.29, 0.717) is 0 Å². The molecule has 2 heterocycles. The number of amidine groups is 1. The molecule has 4 aromatic rings. The van der Waals surface area contributed by atoms with Crippen LogP contribution in [0, 0.1) is 20.8 Å². The van der Waals surface area contributed by atoms with Gasteiger partial charge in [0, 0.05) is 11.1 Å². The summed E-state index contributed by atoms with van der Waals surface area (Å²) < 4.78 is 2.56. The van der Waals surface area contributed by atoms with Crippen LogP contribution < -0.4 is 10.2 Å². The van der Waals surface area contributed by atoms with Crippen molar-refractivity contribution < 1.29 is 4.58 Å². The number of anilines is 2. The van der Waals surface area contributed by atoms with E-state index in [9.17, 15) is 0 Å². The summed E-state index contributed by atoms with van der Waals surface area (Å²) in [4.78, 5) is 2.51. The van der Waals surface area contributed by atoms with Crippen molar-refractivity contribution in [3.63, 3.8) is 0 Å². The maximum atomic E-state index is 3.94. The molecule has 0 radical (unpaired) electrons. The third kappa shape index (κ3) is 3.31. The second kappa shape index (κ2) is 8.18. The Morgan fingerprint density at radius 2 is 1.32 bits per heavy atom. The summed E-state index contributed by atoms with van der Waals surface area (Å²) in [7, 11) is 0. The number of hydrogen-bond donors (Lipinski definition) is 1. The third-order valence-corrected chi connectivity index (χ3v) is 7.18. The molecule has 34 heavy (non-hydrogen) atoms. The number of aryl methyl sites for hydroxylation is 3. The van der Waals surface area contributed by atoms with E-state index in [2.05, 4.69) is 133 Å². The van der Waals surface area contributed by atoms with Crippen molar-refractivity contribution in [3.05, 3.63) is 130 Å². The number of benzene rings is 4. The summed E-state index contributed by atoms with van der Waals surface area (Å²) in [5.74, 6) is 1.22. The standard InChI is InChI=1S/C31H29N3/c1-21-18-22(2)29(23(3)19-21)33-20-34-30(25-14-8-5-9-15-25)28(24-12-6-4-7-13-24)32-31(34)26-16-10-11-17-27(26)33/h4-19,28,30H,20H2,1-3H3/p+1. The summed E-state index contributed by atoms with van der Waals surface area (Å²) >= 11 is 0. The predicted molar refractivity (Wildman–Crippen MR) is 140 cm³/mol. The Labute approximate surface area is 202 Å². The van der Waals surface area contributed by atoms with E-state index in [1.54, 1.807) is 0 Å². The largest absolute Gasteiger partial charge is 0.303 e. The number of hydrogen-bond acceptors (Lipinski definition) is 2. The molecular weight excluding hydrogens is 414 g/mol. The first-order valence-electron chi connectivity index (χ1n) is 12.1. The third-order valence-electron chi connectivity index (χ3n) is 7.18. The molecule has 0 aromatic heterocycles. The van der Waals surface area contributed by atoms with Crippen LogP contribution in [0.2, 0.25) is 0 Å². The number of nitrogens with zero attached hydrogens (tertiary/aromatic N) is 2. The molecule has 6 rings (SSSR count). The van der Waals surface area contributed by atoms with Crippen LogP contribution in [0.1, 0.15) is 45.5 Å². The highest BCUT2D eigenvalue weighted by Crippen LogP contribution is 2.43. The van der Waals surface area contributed by atoms with Crippen molar-refractivity contribution in [3.8, 4) is 0 Å². The second-order valence-electron chi connectivity index (χ2n) is 9.54. The number of rotatable bonds is 3. The Hall–Kier alpha value is -3.85. The van der Waals surface area contributed by atoms with Gasteiger partial charge in [0.1, 0.15) is 0 Å². The van der Waals surface area contributed by atoms with Gasteiger partial charge in [-0.05, 0) is 44.0 Å². The van der Waals surface area contributed by atoms with E-state index in [-0.39, 0.29) is 12.1 Å². The van der Waals surface area contributed by atoms with Gasteiger partial charge in [-0.15, -0.1) is 0 Å². The second-order valence-corrected chi connectivity index (χ2v) is 9.54. The first kappa shape index (κ1) is 20.7. The lowest BCUT2D eigenvalue weighted by atomic mass is 9.94. The fourth-order valence-corrected chi connectivity index (χ4v) is 5.90. The summed E-state index contributed by atoms with van der Waals surface area (Å²) in [6.45, 7) is 7.45. The molecule has 0 spiro atoms. The van der Waals surface area contributed by atoms with Crippen molar-refractivity contribution in [2.75, 3.05) is 11.6 Å². The molecule has 0 saturated carbocycles. The van der Waals surface area contributed by atoms with Crippen molar-refractivity contribution in [2.24, 2.45) is 0 Å². The summed E-state index contributed by atoms with van der Waals surface area (Å²) in [5, 5.41) is 3.94. The van der Waals surface area contributed by atoms with E-state index in [4.69, 9.17) is 0 Å². The smallest absolute Gasteiger partial charge is 0.282 e. The summed E-state index contributed by atoms with van der Waals surface area (Å²) in [6.07, 6.45) is 0. The van der Waals surface area contributed by atoms with Gasteiger partial charge in [0.25, 0.3) is 5.84 Å². The van der Waals surface area contributed by atoms with Crippen molar-refractivity contribution in [1.82, 2.24) is 5.32 Å². The molecular formula is C31H30N3+. The van der Waals surface area contributed by atoms with Crippen LogP contribution in [0.4, 0.5) is 11.4 Å². The van der Waals surface area contributed by atoms with Crippen LogP contribution in [0.3, 0.4) is 0 Å². The molecule has 0 saturated heterocycles. The zero-order valence-electron chi connectivity index (χ0n) is 20.0. The molecule has 3 nitrogen and oxygen atoms in total. The normalized spacial score (nSPS) is 19.0. The monoisotopic (exact) mass is 444 g/mol. The highest BCUT2D eigenvalue weighted by Gasteiger charge is 2.47. The van der Waals surface area contributed by atoms with Crippen LogP contribution in [-0.4, -0.2) is 17.1 Å². The molecule has 0 amide bonds. The van der Waals surface area contributed by atoms with E-state index < -0.39 is 0 Å². The summed E-state index contributed by atoms with van der Waals surface area (Å²) in [5.41, 5.74) is 10.4. The van der Waals surface area contributed by atoms with Crippen LogP contribution in [0.25, 0.3) is 0 Å². The predicted octanol–water partition coefficient (Wildman–Crippen LogP) is 6.57. The zero-order valence-corrected chi connectivity index (χ0v) is 20.0. The average Bonchev–Trinajstić information content (AvgIpc) is 3.24. The van der Waals surface area contributed by atoms with E-state index >= 15 is 0 Å². The number of nitrogens with one attached hydrogen (secondary N) is 1. The van der Waals surface area contributed by atoms with Gasteiger partial charge in [0.05, 0.1) is 16.9 Å². The lowest BCUT2D eigenvalue weighted by Crippen LogP contribution is -2.39. The molecule has 2 unspecified atom stereocenters. The molecule has 3 heteroatoms. The van der Waals surface area contributed by atoms with Gasteiger partial charge in [-0.3, -0.25) is 5.32 Å². The van der Waals surface area contributed by atoms with Crippen molar-refractivity contribution in [2.45, 2.75) is 32.9 Å². The number of fused-ring (bicyclic) bond motifs is 2. The van der Waals surface area contributed by atoms with Crippen LogP contribution in [0.15, 0.2) is 97.1 Å². The molecule has 0 bridgehead atoms. The molecule has 1 N–H and O–H groups in total. The molecule has 2 atom stereocenters. The highest BCUT2D eigenvalue weighted by atomic mass is 15.4. The fraction of sp³-hybridized carbons (Fsp3) is 0.194. The Morgan fingerprint density at radius 1 is 0.735 bits per heavy atom. The zero-order chi connectivity index (χ0) is 23.2.